The predicted octanol–water partition coefficient (Wildman–Crippen LogP) is 3.31. The maximum atomic E-state index is 13.0. The fourth-order valence-electron chi connectivity index (χ4n) is 4.71. The van der Waals surface area contributed by atoms with Crippen molar-refractivity contribution in [3.05, 3.63) is 72.4 Å². The molecule has 0 bridgehead atoms. The lowest BCUT2D eigenvalue weighted by Crippen LogP contribution is -2.30. The smallest absolute Gasteiger partial charge is 0.299 e. The van der Waals surface area contributed by atoms with E-state index in [2.05, 4.69) is 32.4 Å². The van der Waals surface area contributed by atoms with Gasteiger partial charge in [0.05, 0.1) is 12.6 Å². The summed E-state index contributed by atoms with van der Waals surface area (Å²) in [7, 11) is 5.65. The Bertz CT molecular complexity index is 1550. The van der Waals surface area contributed by atoms with E-state index in [0.29, 0.717) is 30.3 Å². The number of nitrogens with one attached hydrogen (secondary N) is 2. The quantitative estimate of drug-likeness (QED) is 0.374. The highest BCUT2D eigenvalue weighted by molar-refractivity contribution is 6.04. The first-order valence-electron chi connectivity index (χ1n) is 12.8. The van der Waals surface area contributed by atoms with Gasteiger partial charge in [0.1, 0.15) is 22.9 Å². The van der Waals surface area contributed by atoms with E-state index in [1.807, 2.05) is 59.7 Å². The second-order valence-corrected chi connectivity index (χ2v) is 9.51. The summed E-state index contributed by atoms with van der Waals surface area (Å²) in [6.45, 7) is 1.15. The zero-order valence-corrected chi connectivity index (χ0v) is 22.2. The largest absolute Gasteiger partial charge is 0.371 e. The summed E-state index contributed by atoms with van der Waals surface area (Å²) in [5, 5.41) is 5.96. The molecule has 0 saturated carbocycles. The van der Waals surface area contributed by atoms with Crippen LogP contribution < -0.4 is 10.6 Å². The maximum absolute atomic E-state index is 13.0. The van der Waals surface area contributed by atoms with Crippen LogP contribution in [0.15, 0.2) is 61.1 Å². The first kappa shape index (κ1) is 25.9. The lowest BCUT2D eigenvalue weighted by molar-refractivity contribution is -0.126. The van der Waals surface area contributed by atoms with Crippen molar-refractivity contribution < 1.29 is 9.59 Å². The number of aromatic nitrogens is 4. The van der Waals surface area contributed by atoms with Gasteiger partial charge in [0.25, 0.3) is 11.8 Å². The van der Waals surface area contributed by atoms with E-state index in [1.165, 1.54) is 0 Å². The molecule has 10 nitrogen and oxygen atoms in total. The van der Waals surface area contributed by atoms with Crippen LogP contribution in [0.25, 0.3) is 16.8 Å². The molecular formula is C29H30N8O2. The number of carbonyl (C=O) groups is 2. The Labute approximate surface area is 227 Å². The Hall–Kier alpha value is -4.75. The van der Waals surface area contributed by atoms with Gasteiger partial charge in [-0.2, -0.15) is 0 Å². The van der Waals surface area contributed by atoms with Gasteiger partial charge in [-0.05, 0) is 57.1 Å². The molecule has 1 aromatic carbocycles. The van der Waals surface area contributed by atoms with Gasteiger partial charge in [0.15, 0.2) is 5.82 Å². The zero-order chi connectivity index (χ0) is 27.4. The van der Waals surface area contributed by atoms with Crippen LogP contribution in [0.5, 0.6) is 0 Å². The molecule has 4 aromatic rings. The summed E-state index contributed by atoms with van der Waals surface area (Å²) < 4.78 is 2.00. The highest BCUT2D eigenvalue weighted by Crippen LogP contribution is 2.36. The van der Waals surface area contributed by atoms with E-state index in [-0.39, 0.29) is 17.9 Å². The van der Waals surface area contributed by atoms with Gasteiger partial charge in [0, 0.05) is 43.3 Å². The SMILES string of the molecule is CNc1nccn2c(C3CCCN3C(=O)C#CCN(C)C)nc(-c3ccc(C(=O)Nc4ccccn4)cc3)c12. The van der Waals surface area contributed by atoms with Crippen molar-refractivity contribution in [2.24, 2.45) is 0 Å². The van der Waals surface area contributed by atoms with Crippen molar-refractivity contribution in [2.75, 3.05) is 44.9 Å². The third-order valence-electron chi connectivity index (χ3n) is 6.55. The van der Waals surface area contributed by atoms with Crippen LogP contribution in [0.1, 0.15) is 35.1 Å². The number of nitrogens with zero attached hydrogens (tertiary/aromatic N) is 6. The molecule has 2 amide bonds. The predicted molar refractivity (Wildman–Crippen MR) is 150 cm³/mol. The molecule has 5 rings (SSSR count). The molecule has 0 spiro atoms. The molecule has 2 N–H and O–H groups in total. The summed E-state index contributed by atoms with van der Waals surface area (Å²) in [5.74, 6) is 7.22. The number of benzene rings is 1. The molecule has 1 saturated heterocycles. The summed E-state index contributed by atoms with van der Waals surface area (Å²) in [6.07, 6.45) is 6.89. The molecule has 3 aromatic heterocycles. The van der Waals surface area contributed by atoms with E-state index in [0.717, 1.165) is 35.4 Å². The Balaban J connectivity index is 1.49. The van der Waals surface area contributed by atoms with Gasteiger partial charge >= 0.3 is 0 Å². The average molecular weight is 523 g/mol. The van der Waals surface area contributed by atoms with Gasteiger partial charge in [-0.25, -0.2) is 15.0 Å². The van der Waals surface area contributed by atoms with Gasteiger partial charge in [-0.15, -0.1) is 0 Å². The molecule has 4 heterocycles. The standard InChI is InChI=1S/C29H30N8O2/c1-30-27-26-25(20-11-13-21(14-12-20)29(39)33-23-9-4-5-15-31-23)34-28(37(26)19-16-32-27)22-8-6-18-36(22)24(38)10-7-17-35(2)3/h4-5,9,11-16,19,22H,6,8,17-18H2,1-3H3,(H,30,32)(H,31,33,39). The first-order valence-corrected chi connectivity index (χ1v) is 12.8. The summed E-state index contributed by atoms with van der Waals surface area (Å²) in [6, 6.07) is 12.4. The number of fused-ring (bicyclic) bond motifs is 1. The third kappa shape index (κ3) is 5.44. The fourth-order valence-corrected chi connectivity index (χ4v) is 4.71. The summed E-state index contributed by atoms with van der Waals surface area (Å²) in [4.78, 5) is 43.2. The van der Waals surface area contributed by atoms with Crippen LogP contribution in [-0.2, 0) is 4.79 Å². The van der Waals surface area contributed by atoms with Gasteiger partial charge < -0.3 is 15.5 Å². The van der Waals surface area contributed by atoms with Crippen LogP contribution in [0.2, 0.25) is 0 Å². The van der Waals surface area contributed by atoms with Gasteiger partial charge in [-0.1, -0.05) is 24.1 Å². The molecule has 0 aliphatic carbocycles. The number of hydrogen-bond acceptors (Lipinski definition) is 7. The third-order valence-corrected chi connectivity index (χ3v) is 6.55. The molecule has 1 atom stereocenters. The van der Waals surface area contributed by atoms with Crippen molar-refractivity contribution in [3.8, 4) is 23.1 Å². The van der Waals surface area contributed by atoms with Crippen molar-refractivity contribution in [1.82, 2.24) is 29.2 Å². The van der Waals surface area contributed by atoms with Gasteiger partial charge in [0.2, 0.25) is 0 Å². The lowest BCUT2D eigenvalue weighted by Gasteiger charge is -2.21. The lowest BCUT2D eigenvalue weighted by atomic mass is 10.1. The number of carbonyl (C=O) groups excluding carboxylic acids is 2. The minimum Gasteiger partial charge on any atom is -0.371 e. The van der Waals surface area contributed by atoms with Crippen molar-refractivity contribution in [1.29, 1.82) is 0 Å². The van der Waals surface area contributed by atoms with Crippen LogP contribution in [0.4, 0.5) is 11.6 Å². The number of likely N-dealkylation sites (tertiary alicyclic amines) is 1. The highest BCUT2D eigenvalue weighted by atomic mass is 16.2. The minimum atomic E-state index is -0.247. The maximum Gasteiger partial charge on any atom is 0.299 e. The van der Waals surface area contributed by atoms with Crippen molar-refractivity contribution >= 4 is 29.0 Å². The molecule has 1 aliphatic rings. The molecule has 1 aliphatic heterocycles. The van der Waals surface area contributed by atoms with E-state index in [4.69, 9.17) is 4.98 Å². The molecule has 0 radical (unpaired) electrons. The van der Waals surface area contributed by atoms with E-state index in [9.17, 15) is 9.59 Å². The molecule has 198 valence electrons. The minimum absolute atomic E-state index is 0.191. The first-order chi connectivity index (χ1) is 19.0. The molecule has 10 heteroatoms. The number of rotatable bonds is 6. The Morgan fingerprint density at radius 2 is 1.92 bits per heavy atom. The Morgan fingerprint density at radius 3 is 2.64 bits per heavy atom. The van der Waals surface area contributed by atoms with E-state index >= 15 is 0 Å². The van der Waals surface area contributed by atoms with Crippen molar-refractivity contribution in [2.45, 2.75) is 18.9 Å². The Kier molecular flexibility index (Phi) is 7.52. The topological polar surface area (TPSA) is 108 Å². The van der Waals surface area contributed by atoms with Crippen LogP contribution in [-0.4, -0.2) is 75.2 Å². The molecule has 1 unspecified atom stereocenters. The number of pyridine rings is 1. The Morgan fingerprint density at radius 1 is 1.10 bits per heavy atom. The second kappa shape index (κ2) is 11.3. The van der Waals surface area contributed by atoms with Crippen LogP contribution >= 0.6 is 0 Å². The second-order valence-electron chi connectivity index (χ2n) is 9.51. The molecular weight excluding hydrogens is 492 g/mol. The summed E-state index contributed by atoms with van der Waals surface area (Å²) in [5.41, 5.74) is 2.86. The molecule has 1 fully saturated rings. The average Bonchev–Trinajstić information content (AvgIpc) is 3.58. The molecule has 39 heavy (non-hydrogen) atoms. The van der Waals surface area contributed by atoms with Crippen molar-refractivity contribution in [3.63, 3.8) is 0 Å². The number of anilines is 2. The van der Waals surface area contributed by atoms with E-state index in [1.54, 1.807) is 36.7 Å². The van der Waals surface area contributed by atoms with Crippen LogP contribution in [0.3, 0.4) is 0 Å². The number of imidazole rings is 1. The van der Waals surface area contributed by atoms with Gasteiger partial charge in [-0.3, -0.25) is 18.9 Å². The number of amides is 2. The normalized spacial score (nSPS) is 14.8. The zero-order valence-electron chi connectivity index (χ0n) is 22.2. The highest BCUT2D eigenvalue weighted by Gasteiger charge is 2.33. The fraction of sp³-hybridized carbons (Fsp3) is 0.276. The van der Waals surface area contributed by atoms with E-state index < -0.39 is 0 Å². The monoisotopic (exact) mass is 522 g/mol. The number of hydrogen-bond donors (Lipinski definition) is 2. The van der Waals surface area contributed by atoms with Crippen LogP contribution in [0, 0.1) is 11.8 Å². The summed E-state index contributed by atoms with van der Waals surface area (Å²) >= 11 is 0.